The number of hydrogen-bond acceptors (Lipinski definition) is 4. The zero-order chi connectivity index (χ0) is 18.1. The molecule has 24 heavy (non-hydrogen) atoms. The second kappa shape index (κ2) is 6.32. The zero-order valence-electron chi connectivity index (χ0n) is 11.6. The fourth-order valence-corrected chi connectivity index (χ4v) is 1.95. The molecular weight excluding hydrogens is 343 g/mol. The maximum atomic E-state index is 13.0. The second-order valence-electron chi connectivity index (χ2n) is 4.55. The molecular formula is C13H8BF6NO3. The molecule has 2 N–H and O–H groups in total. The number of nitrogens with zero attached hydrogens (tertiary/aromatic N) is 1. The van der Waals surface area contributed by atoms with E-state index in [1.807, 2.05) is 0 Å². The average Bonchev–Trinajstić information content (AvgIpc) is 2.44. The molecule has 0 aliphatic heterocycles. The van der Waals surface area contributed by atoms with Gasteiger partial charge in [-0.3, -0.25) is 0 Å². The van der Waals surface area contributed by atoms with E-state index in [0.29, 0.717) is 0 Å². The van der Waals surface area contributed by atoms with Crippen molar-refractivity contribution in [3.8, 4) is 17.0 Å². The smallest absolute Gasteiger partial charge is 0.423 e. The summed E-state index contributed by atoms with van der Waals surface area (Å²) in [6, 6.07) is 6.18. The molecule has 0 bridgehead atoms. The second-order valence-corrected chi connectivity index (χ2v) is 4.55. The van der Waals surface area contributed by atoms with Gasteiger partial charge < -0.3 is 14.8 Å². The molecule has 0 unspecified atom stereocenters. The minimum absolute atomic E-state index is 0.334. The van der Waals surface area contributed by atoms with E-state index in [-0.39, 0.29) is 5.56 Å². The Morgan fingerprint density at radius 2 is 1.54 bits per heavy atom. The van der Waals surface area contributed by atoms with Gasteiger partial charge in [0, 0.05) is 11.0 Å². The van der Waals surface area contributed by atoms with Gasteiger partial charge in [-0.05, 0) is 18.2 Å². The fraction of sp³-hybridized carbons (Fsp3) is 0.154. The molecule has 1 aromatic carbocycles. The largest absolute Gasteiger partial charge is 0.573 e. The van der Waals surface area contributed by atoms with Crippen LogP contribution >= 0.6 is 0 Å². The van der Waals surface area contributed by atoms with E-state index < -0.39 is 42.3 Å². The normalized spacial score (nSPS) is 12.2. The van der Waals surface area contributed by atoms with Gasteiger partial charge in [-0.1, -0.05) is 18.2 Å². The maximum Gasteiger partial charge on any atom is 0.573 e. The molecule has 2 rings (SSSR count). The minimum Gasteiger partial charge on any atom is -0.423 e. The molecule has 1 heterocycles. The summed E-state index contributed by atoms with van der Waals surface area (Å²) in [5.74, 6) is -0.733. The first-order chi connectivity index (χ1) is 11.0. The van der Waals surface area contributed by atoms with Crippen LogP contribution in [-0.2, 0) is 6.18 Å². The van der Waals surface area contributed by atoms with Crippen molar-refractivity contribution < 1.29 is 41.1 Å². The lowest BCUT2D eigenvalue weighted by molar-refractivity contribution is -0.274. The highest BCUT2D eigenvalue weighted by molar-refractivity contribution is 6.59. The van der Waals surface area contributed by atoms with Crippen LogP contribution in [0.1, 0.15) is 5.69 Å². The van der Waals surface area contributed by atoms with E-state index in [0.717, 1.165) is 24.3 Å². The molecule has 0 saturated heterocycles. The van der Waals surface area contributed by atoms with Crippen molar-refractivity contribution in [3.63, 3.8) is 0 Å². The lowest BCUT2D eigenvalue weighted by Crippen LogP contribution is -2.37. The Morgan fingerprint density at radius 1 is 0.917 bits per heavy atom. The van der Waals surface area contributed by atoms with Crippen molar-refractivity contribution in [1.82, 2.24) is 4.98 Å². The first-order valence-electron chi connectivity index (χ1n) is 6.28. The molecule has 128 valence electrons. The van der Waals surface area contributed by atoms with Crippen LogP contribution in [0.3, 0.4) is 0 Å². The van der Waals surface area contributed by atoms with Gasteiger partial charge in [-0.2, -0.15) is 13.2 Å². The number of benzene rings is 1. The van der Waals surface area contributed by atoms with Crippen LogP contribution in [0, 0.1) is 0 Å². The molecule has 0 aliphatic carbocycles. The highest BCUT2D eigenvalue weighted by Gasteiger charge is 2.39. The van der Waals surface area contributed by atoms with Crippen molar-refractivity contribution in [2.24, 2.45) is 0 Å². The molecule has 0 saturated carbocycles. The molecule has 1 aromatic heterocycles. The summed E-state index contributed by atoms with van der Waals surface area (Å²) in [6.45, 7) is 0. The molecule has 0 atom stereocenters. The van der Waals surface area contributed by atoms with Gasteiger partial charge in [-0.15, -0.1) is 13.2 Å². The molecule has 0 fully saturated rings. The predicted octanol–water partition coefficient (Wildman–Crippen LogP) is 2.35. The first-order valence-corrected chi connectivity index (χ1v) is 6.28. The monoisotopic (exact) mass is 351 g/mol. The Hall–Kier alpha value is -2.27. The Balaban J connectivity index is 2.59. The molecule has 0 radical (unpaired) electrons. The van der Waals surface area contributed by atoms with Gasteiger partial charge in [0.2, 0.25) is 0 Å². The van der Waals surface area contributed by atoms with Crippen molar-refractivity contribution in [2.75, 3.05) is 0 Å². The van der Waals surface area contributed by atoms with Crippen molar-refractivity contribution in [1.29, 1.82) is 0 Å². The van der Waals surface area contributed by atoms with Gasteiger partial charge >= 0.3 is 19.7 Å². The van der Waals surface area contributed by atoms with E-state index in [9.17, 15) is 26.3 Å². The number of halogens is 6. The first kappa shape index (κ1) is 18.1. The predicted molar refractivity (Wildman–Crippen MR) is 71.2 cm³/mol. The maximum absolute atomic E-state index is 13.0. The van der Waals surface area contributed by atoms with Crippen LogP contribution in [0.25, 0.3) is 11.3 Å². The molecule has 4 nitrogen and oxygen atoms in total. The Bertz CT molecular complexity index is 732. The van der Waals surface area contributed by atoms with Crippen LogP contribution in [0.15, 0.2) is 36.4 Å². The van der Waals surface area contributed by atoms with Crippen molar-refractivity contribution in [2.45, 2.75) is 12.5 Å². The molecule has 0 aliphatic rings. The van der Waals surface area contributed by atoms with Crippen LogP contribution < -0.4 is 10.2 Å². The van der Waals surface area contributed by atoms with Crippen molar-refractivity contribution in [3.05, 3.63) is 42.1 Å². The molecule has 2 aromatic rings. The number of hydrogen-bond donors (Lipinski definition) is 2. The third-order valence-electron chi connectivity index (χ3n) is 2.86. The van der Waals surface area contributed by atoms with Crippen molar-refractivity contribution >= 4 is 12.6 Å². The van der Waals surface area contributed by atoms with E-state index in [4.69, 9.17) is 10.0 Å². The standard InChI is InChI=1S/C13H8BF6NO3/c15-12(16,17)11-8(14(22)23)5-6-9(21-11)7-3-1-2-4-10(7)24-13(18,19)20/h1-6,22-23H. The zero-order valence-corrected chi connectivity index (χ0v) is 11.6. The van der Waals surface area contributed by atoms with Gasteiger partial charge in [0.25, 0.3) is 0 Å². The van der Waals surface area contributed by atoms with E-state index in [2.05, 4.69) is 9.72 Å². The number of ether oxygens (including phenoxy) is 1. The summed E-state index contributed by atoms with van der Waals surface area (Å²) in [5.41, 5.74) is -3.33. The fourth-order valence-electron chi connectivity index (χ4n) is 1.95. The summed E-state index contributed by atoms with van der Waals surface area (Å²) in [4.78, 5) is 3.23. The Morgan fingerprint density at radius 3 is 2.08 bits per heavy atom. The molecule has 0 spiro atoms. The summed E-state index contributed by atoms with van der Waals surface area (Å²) in [6.07, 6.45) is -10.1. The van der Waals surface area contributed by atoms with Gasteiger partial charge in [0.05, 0.1) is 5.69 Å². The van der Waals surface area contributed by atoms with Gasteiger partial charge in [0.1, 0.15) is 11.4 Å². The van der Waals surface area contributed by atoms with E-state index >= 15 is 0 Å². The lowest BCUT2D eigenvalue weighted by atomic mass is 9.78. The third kappa shape index (κ3) is 4.17. The number of aromatic nitrogens is 1. The number of pyridine rings is 1. The van der Waals surface area contributed by atoms with E-state index in [1.165, 1.54) is 12.1 Å². The van der Waals surface area contributed by atoms with Crippen LogP contribution in [0.2, 0.25) is 0 Å². The number of alkyl halides is 6. The summed E-state index contributed by atoms with van der Waals surface area (Å²) in [7, 11) is -2.44. The SMILES string of the molecule is OB(O)c1ccc(-c2ccccc2OC(F)(F)F)nc1C(F)(F)F. The Labute approximate surface area is 131 Å². The summed E-state index contributed by atoms with van der Waals surface area (Å²) >= 11 is 0. The highest BCUT2D eigenvalue weighted by Crippen LogP contribution is 2.34. The summed E-state index contributed by atoms with van der Waals surface area (Å²) < 4.78 is 79.9. The minimum atomic E-state index is -5.04. The topological polar surface area (TPSA) is 62.6 Å². The molecule has 11 heteroatoms. The van der Waals surface area contributed by atoms with Gasteiger partial charge in [0.15, 0.2) is 0 Å². The van der Waals surface area contributed by atoms with Gasteiger partial charge in [-0.25, -0.2) is 4.98 Å². The van der Waals surface area contributed by atoms with E-state index in [1.54, 1.807) is 0 Å². The highest BCUT2D eigenvalue weighted by atomic mass is 19.4. The number of rotatable bonds is 3. The molecule has 0 amide bonds. The van der Waals surface area contributed by atoms with Crippen LogP contribution in [0.5, 0.6) is 5.75 Å². The summed E-state index contributed by atoms with van der Waals surface area (Å²) in [5, 5.41) is 18.0. The Kier molecular flexibility index (Phi) is 4.76. The third-order valence-corrected chi connectivity index (χ3v) is 2.86. The quantitative estimate of drug-likeness (QED) is 0.658. The van der Waals surface area contributed by atoms with Crippen LogP contribution in [-0.4, -0.2) is 28.5 Å². The number of para-hydroxylation sites is 1. The van der Waals surface area contributed by atoms with Crippen LogP contribution in [0.4, 0.5) is 26.3 Å². The average molecular weight is 351 g/mol. The lowest BCUT2D eigenvalue weighted by Gasteiger charge is -2.16.